The number of carboxylic acids is 1. The van der Waals surface area contributed by atoms with Crippen LogP contribution in [0.25, 0.3) is 20.7 Å². The molecule has 0 aliphatic heterocycles. The van der Waals surface area contributed by atoms with Crippen LogP contribution in [0.5, 0.6) is 0 Å². The van der Waals surface area contributed by atoms with E-state index < -0.39 is 5.97 Å². The van der Waals surface area contributed by atoms with Crippen molar-refractivity contribution in [3.05, 3.63) is 76.6 Å². The fourth-order valence-electron chi connectivity index (χ4n) is 2.89. The van der Waals surface area contributed by atoms with Gasteiger partial charge in [-0.2, -0.15) is 5.10 Å². The lowest BCUT2D eigenvalue weighted by Gasteiger charge is -2.01. The second-order valence-electron chi connectivity index (χ2n) is 6.23. The van der Waals surface area contributed by atoms with Crippen LogP contribution in [0.15, 0.2) is 60.0 Å². The highest BCUT2D eigenvalue weighted by Crippen LogP contribution is 2.41. The number of aromatic carboxylic acids is 1. The number of thiophene rings is 1. The molecule has 0 saturated heterocycles. The number of hydrazone groups is 1. The van der Waals surface area contributed by atoms with Gasteiger partial charge >= 0.3 is 5.97 Å². The van der Waals surface area contributed by atoms with Gasteiger partial charge in [0.25, 0.3) is 0 Å². The van der Waals surface area contributed by atoms with Gasteiger partial charge in [-0.05, 0) is 36.2 Å². The van der Waals surface area contributed by atoms with Crippen molar-refractivity contribution in [1.82, 2.24) is 9.97 Å². The number of hydrogen-bond acceptors (Lipinski definition) is 6. The number of aromatic nitrogens is 2. The minimum atomic E-state index is -0.961. The first-order chi connectivity index (χ1) is 14.0. The van der Waals surface area contributed by atoms with E-state index >= 15 is 0 Å². The molecule has 0 bridgehead atoms. The standard InChI is InChI=1S/C21H15ClN4O2S/c1-12-17-19(29-18(12)15-4-2-3-5-16(15)22)20(24-11-23-17)26-25-10-13-6-8-14(9-7-13)21(27)28/h2-11H,1H3,(H,27,28)(H,23,24,26). The summed E-state index contributed by atoms with van der Waals surface area (Å²) in [4.78, 5) is 20.7. The second kappa shape index (κ2) is 7.98. The fraction of sp³-hybridized carbons (Fsp3) is 0.0476. The highest BCUT2D eigenvalue weighted by atomic mass is 35.5. The Bertz CT molecular complexity index is 1240. The van der Waals surface area contributed by atoms with Gasteiger partial charge in [0.1, 0.15) is 6.33 Å². The predicted molar refractivity (Wildman–Crippen MR) is 117 cm³/mol. The van der Waals surface area contributed by atoms with E-state index in [9.17, 15) is 4.79 Å². The van der Waals surface area contributed by atoms with Crippen LogP contribution in [0.4, 0.5) is 5.82 Å². The number of benzene rings is 2. The Kier molecular flexibility index (Phi) is 5.24. The second-order valence-corrected chi connectivity index (χ2v) is 7.66. The van der Waals surface area contributed by atoms with E-state index in [1.165, 1.54) is 18.5 Å². The molecule has 8 heteroatoms. The summed E-state index contributed by atoms with van der Waals surface area (Å²) in [6, 6.07) is 14.2. The van der Waals surface area contributed by atoms with Gasteiger partial charge in [-0.3, -0.25) is 5.43 Å². The van der Waals surface area contributed by atoms with Crippen molar-refractivity contribution in [3.63, 3.8) is 0 Å². The van der Waals surface area contributed by atoms with Gasteiger partial charge in [-0.25, -0.2) is 14.8 Å². The largest absolute Gasteiger partial charge is 0.478 e. The Morgan fingerprint density at radius 1 is 1.17 bits per heavy atom. The summed E-state index contributed by atoms with van der Waals surface area (Å²) in [6.45, 7) is 2.02. The molecule has 2 heterocycles. The highest BCUT2D eigenvalue weighted by Gasteiger charge is 2.16. The van der Waals surface area contributed by atoms with E-state index in [2.05, 4.69) is 20.5 Å². The maximum atomic E-state index is 10.9. The fourth-order valence-corrected chi connectivity index (χ4v) is 4.41. The number of hydrogen-bond donors (Lipinski definition) is 2. The molecule has 0 fully saturated rings. The molecule has 144 valence electrons. The maximum absolute atomic E-state index is 10.9. The number of nitrogens with one attached hydrogen (secondary N) is 1. The summed E-state index contributed by atoms with van der Waals surface area (Å²) in [5.41, 5.74) is 6.81. The summed E-state index contributed by atoms with van der Waals surface area (Å²) in [5, 5.41) is 13.9. The summed E-state index contributed by atoms with van der Waals surface area (Å²) in [6.07, 6.45) is 3.10. The molecular weight excluding hydrogens is 408 g/mol. The molecule has 0 spiro atoms. The number of rotatable bonds is 5. The number of carbonyl (C=O) groups is 1. The average Bonchev–Trinajstić information content (AvgIpc) is 3.06. The van der Waals surface area contributed by atoms with E-state index in [4.69, 9.17) is 16.7 Å². The molecule has 2 aromatic heterocycles. The minimum absolute atomic E-state index is 0.230. The molecule has 0 aliphatic rings. The van der Waals surface area contributed by atoms with E-state index in [0.717, 1.165) is 31.8 Å². The monoisotopic (exact) mass is 422 g/mol. The van der Waals surface area contributed by atoms with Crippen molar-refractivity contribution in [2.45, 2.75) is 6.92 Å². The Hall–Kier alpha value is -3.29. The van der Waals surface area contributed by atoms with Gasteiger partial charge in [-0.1, -0.05) is 41.9 Å². The smallest absolute Gasteiger partial charge is 0.335 e. The average molecular weight is 423 g/mol. The predicted octanol–water partition coefficient (Wildman–Crippen LogP) is 5.46. The Morgan fingerprint density at radius 3 is 2.66 bits per heavy atom. The first kappa shape index (κ1) is 19.0. The van der Waals surface area contributed by atoms with Gasteiger partial charge in [0, 0.05) is 15.5 Å². The Labute approximate surface area is 175 Å². The van der Waals surface area contributed by atoms with Crippen molar-refractivity contribution >= 4 is 51.2 Å². The van der Waals surface area contributed by atoms with Crippen LogP contribution in [0.2, 0.25) is 5.02 Å². The summed E-state index contributed by atoms with van der Waals surface area (Å²) < 4.78 is 0.887. The molecule has 0 atom stereocenters. The van der Waals surface area contributed by atoms with Gasteiger partial charge in [-0.15, -0.1) is 11.3 Å². The molecule has 4 aromatic rings. The molecule has 2 aromatic carbocycles. The SMILES string of the molecule is Cc1c(-c2ccccc2Cl)sc2c(NN=Cc3ccc(C(=O)O)cc3)ncnc12. The lowest BCUT2D eigenvalue weighted by atomic mass is 10.1. The van der Waals surface area contributed by atoms with Crippen molar-refractivity contribution in [2.24, 2.45) is 5.10 Å². The lowest BCUT2D eigenvalue weighted by molar-refractivity contribution is 0.0697. The Morgan fingerprint density at radius 2 is 1.93 bits per heavy atom. The number of nitrogens with zero attached hydrogens (tertiary/aromatic N) is 3. The van der Waals surface area contributed by atoms with E-state index in [1.807, 2.05) is 31.2 Å². The van der Waals surface area contributed by atoms with Crippen molar-refractivity contribution in [1.29, 1.82) is 0 Å². The molecule has 2 N–H and O–H groups in total. The van der Waals surface area contributed by atoms with E-state index in [-0.39, 0.29) is 5.56 Å². The van der Waals surface area contributed by atoms with Crippen LogP contribution in [0.1, 0.15) is 21.5 Å². The van der Waals surface area contributed by atoms with Crippen LogP contribution in [0.3, 0.4) is 0 Å². The molecule has 0 saturated carbocycles. The zero-order valence-corrected chi connectivity index (χ0v) is 16.8. The molecule has 0 amide bonds. The van der Waals surface area contributed by atoms with Gasteiger partial charge in [0.2, 0.25) is 0 Å². The third kappa shape index (κ3) is 3.83. The number of fused-ring (bicyclic) bond motifs is 1. The molecular formula is C21H15ClN4O2S. The topological polar surface area (TPSA) is 87.5 Å². The number of halogens is 1. The van der Waals surface area contributed by atoms with Crippen LogP contribution in [0, 0.1) is 6.92 Å². The third-order valence-electron chi connectivity index (χ3n) is 4.36. The first-order valence-electron chi connectivity index (χ1n) is 8.66. The molecule has 0 radical (unpaired) electrons. The maximum Gasteiger partial charge on any atom is 0.335 e. The summed E-state index contributed by atoms with van der Waals surface area (Å²) in [5.74, 6) is -0.364. The molecule has 29 heavy (non-hydrogen) atoms. The highest BCUT2D eigenvalue weighted by molar-refractivity contribution is 7.23. The number of carboxylic acid groups (broad SMARTS) is 1. The lowest BCUT2D eigenvalue weighted by Crippen LogP contribution is -1.97. The van der Waals surface area contributed by atoms with Crippen molar-refractivity contribution in [3.8, 4) is 10.4 Å². The van der Waals surface area contributed by atoms with E-state index in [0.29, 0.717) is 10.8 Å². The molecule has 4 rings (SSSR count). The zero-order chi connectivity index (χ0) is 20.4. The van der Waals surface area contributed by atoms with Gasteiger partial charge in [0.05, 0.1) is 22.0 Å². The Balaban J connectivity index is 1.64. The van der Waals surface area contributed by atoms with Crippen LogP contribution < -0.4 is 5.43 Å². The van der Waals surface area contributed by atoms with Crippen LogP contribution in [-0.4, -0.2) is 27.3 Å². The number of aryl methyl sites for hydroxylation is 1. The minimum Gasteiger partial charge on any atom is -0.478 e. The normalized spacial score (nSPS) is 11.2. The van der Waals surface area contributed by atoms with Gasteiger partial charge < -0.3 is 5.11 Å². The zero-order valence-electron chi connectivity index (χ0n) is 15.3. The molecule has 0 unspecified atom stereocenters. The quantitative estimate of drug-likeness (QED) is 0.329. The number of anilines is 1. The summed E-state index contributed by atoms with van der Waals surface area (Å²) in [7, 11) is 0. The van der Waals surface area contributed by atoms with Crippen molar-refractivity contribution < 1.29 is 9.90 Å². The summed E-state index contributed by atoms with van der Waals surface area (Å²) >= 11 is 7.93. The first-order valence-corrected chi connectivity index (χ1v) is 9.85. The van der Waals surface area contributed by atoms with Crippen LogP contribution >= 0.6 is 22.9 Å². The van der Waals surface area contributed by atoms with Crippen LogP contribution in [-0.2, 0) is 0 Å². The van der Waals surface area contributed by atoms with Crippen molar-refractivity contribution in [2.75, 3.05) is 5.43 Å². The van der Waals surface area contributed by atoms with Gasteiger partial charge in [0.15, 0.2) is 5.82 Å². The third-order valence-corrected chi connectivity index (χ3v) is 6.01. The molecule has 6 nitrogen and oxygen atoms in total. The van der Waals surface area contributed by atoms with E-state index in [1.54, 1.807) is 29.7 Å². The molecule has 0 aliphatic carbocycles.